The van der Waals surface area contributed by atoms with Crippen LogP contribution in [-0.4, -0.2) is 22.7 Å². The second kappa shape index (κ2) is 9.63. The van der Waals surface area contributed by atoms with Crippen molar-refractivity contribution in [1.82, 2.24) is 10.3 Å². The van der Waals surface area contributed by atoms with Crippen molar-refractivity contribution in [2.75, 3.05) is 7.11 Å². The molecule has 2 aromatic rings. The van der Waals surface area contributed by atoms with Crippen LogP contribution in [0.3, 0.4) is 0 Å². The zero-order chi connectivity index (χ0) is 18.8. The van der Waals surface area contributed by atoms with Gasteiger partial charge in [-0.1, -0.05) is 26.8 Å². The van der Waals surface area contributed by atoms with Gasteiger partial charge in [0.2, 0.25) is 5.88 Å². The molecule has 0 fully saturated rings. The fraction of sp³-hybridized carbons (Fsp3) is 0.476. The molecule has 152 valence electrons. The number of phenolic OH excluding ortho intramolecular Hbond substituents is 1. The lowest BCUT2D eigenvalue weighted by molar-refractivity contribution is 0.398. The van der Waals surface area contributed by atoms with E-state index in [9.17, 15) is 5.11 Å². The first-order chi connectivity index (χ1) is 11.5. The quantitative estimate of drug-likeness (QED) is 0.693. The van der Waals surface area contributed by atoms with Gasteiger partial charge in [0, 0.05) is 41.0 Å². The van der Waals surface area contributed by atoms with E-state index < -0.39 is 0 Å². The third-order valence-corrected chi connectivity index (χ3v) is 4.12. The molecule has 1 aromatic heterocycles. The summed E-state index contributed by atoms with van der Waals surface area (Å²) in [5.74, 6) is 0.863. The minimum absolute atomic E-state index is 0. The molecule has 0 bridgehead atoms. The number of aromatic nitrogens is 1. The fourth-order valence-corrected chi connectivity index (χ4v) is 2.50. The van der Waals surface area contributed by atoms with Gasteiger partial charge < -0.3 is 15.2 Å². The van der Waals surface area contributed by atoms with Gasteiger partial charge in [-0.15, -0.1) is 24.8 Å². The monoisotopic (exact) mass is 414 g/mol. The first-order valence-corrected chi connectivity index (χ1v) is 8.63. The molecule has 0 unspecified atom stereocenters. The van der Waals surface area contributed by atoms with E-state index in [1.54, 1.807) is 13.3 Å². The summed E-state index contributed by atoms with van der Waals surface area (Å²) in [7, 11) is 1.59. The molecular formula is C21H32Cl2N2O2. The lowest BCUT2D eigenvalue weighted by atomic mass is 9.83. The van der Waals surface area contributed by atoms with Crippen LogP contribution >= 0.6 is 24.8 Å². The zero-order valence-electron chi connectivity index (χ0n) is 17.2. The van der Waals surface area contributed by atoms with E-state index in [1.807, 2.05) is 12.1 Å². The highest BCUT2D eigenvalue weighted by Crippen LogP contribution is 2.37. The molecule has 6 heteroatoms. The second-order valence-corrected chi connectivity index (χ2v) is 8.47. The number of ether oxygens (including phenoxy) is 1. The zero-order valence-corrected chi connectivity index (χ0v) is 18.8. The number of pyridine rings is 1. The van der Waals surface area contributed by atoms with Crippen LogP contribution in [0.25, 0.3) is 11.1 Å². The number of nitrogens with zero attached hydrogens (tertiary/aromatic N) is 1. The van der Waals surface area contributed by atoms with Crippen LogP contribution in [0, 0.1) is 0 Å². The predicted molar refractivity (Wildman–Crippen MR) is 118 cm³/mol. The maximum atomic E-state index is 10.9. The number of phenols is 1. The van der Waals surface area contributed by atoms with E-state index in [2.05, 4.69) is 64.0 Å². The molecule has 0 amide bonds. The number of methoxy groups -OCH3 is 1. The highest BCUT2D eigenvalue weighted by Gasteiger charge is 2.20. The maximum Gasteiger partial charge on any atom is 0.212 e. The number of hydrogen-bond donors (Lipinski definition) is 2. The van der Waals surface area contributed by atoms with Gasteiger partial charge in [0.1, 0.15) is 5.75 Å². The molecule has 27 heavy (non-hydrogen) atoms. The Labute approximate surface area is 175 Å². The Bertz CT molecular complexity index is 734. The van der Waals surface area contributed by atoms with Gasteiger partial charge in [-0.25, -0.2) is 4.98 Å². The number of hydrogen-bond acceptors (Lipinski definition) is 4. The Kier molecular flexibility index (Phi) is 9.10. The molecule has 0 aliphatic heterocycles. The average Bonchev–Trinajstić information content (AvgIpc) is 2.52. The number of rotatable bonds is 4. The normalized spacial score (nSPS) is 11.4. The Morgan fingerprint density at radius 3 is 2.11 bits per heavy atom. The molecule has 0 saturated carbocycles. The Morgan fingerprint density at radius 2 is 1.67 bits per heavy atom. The standard InChI is InChI=1S/C21H30N2O2.2ClH/c1-20(2,3)16-10-15(13-23-21(4,5)6)19(24)17(11-16)14-8-9-18(25-7)22-12-14;;/h8-12,23-24H,13H2,1-7H3;2*1H. The molecule has 0 atom stereocenters. The van der Waals surface area contributed by atoms with Crippen LogP contribution in [0.4, 0.5) is 0 Å². The summed E-state index contributed by atoms with van der Waals surface area (Å²) >= 11 is 0. The van der Waals surface area contributed by atoms with Crippen molar-refractivity contribution >= 4 is 24.8 Å². The summed E-state index contributed by atoms with van der Waals surface area (Å²) in [6, 6.07) is 7.88. The summed E-state index contributed by atoms with van der Waals surface area (Å²) < 4.78 is 5.13. The van der Waals surface area contributed by atoms with Crippen LogP contribution in [0.1, 0.15) is 52.7 Å². The van der Waals surface area contributed by atoms with E-state index in [0.717, 1.165) is 16.7 Å². The van der Waals surface area contributed by atoms with Crippen LogP contribution in [-0.2, 0) is 12.0 Å². The number of nitrogens with one attached hydrogen (secondary N) is 1. The summed E-state index contributed by atoms with van der Waals surface area (Å²) in [6.07, 6.45) is 1.74. The van der Waals surface area contributed by atoms with Crippen LogP contribution < -0.4 is 10.1 Å². The minimum atomic E-state index is -0.0218. The Morgan fingerprint density at radius 1 is 1.04 bits per heavy atom. The SMILES string of the molecule is COc1ccc(-c2cc(C(C)(C)C)cc(CNC(C)(C)C)c2O)cn1.Cl.Cl. The average molecular weight is 415 g/mol. The number of aromatic hydroxyl groups is 1. The lowest BCUT2D eigenvalue weighted by Gasteiger charge is -2.25. The van der Waals surface area contributed by atoms with Crippen molar-refractivity contribution < 1.29 is 9.84 Å². The van der Waals surface area contributed by atoms with Gasteiger partial charge in [0.05, 0.1) is 7.11 Å². The van der Waals surface area contributed by atoms with E-state index >= 15 is 0 Å². The largest absolute Gasteiger partial charge is 0.507 e. The Balaban J connectivity index is 0.00000338. The fourth-order valence-electron chi connectivity index (χ4n) is 2.50. The van der Waals surface area contributed by atoms with Gasteiger partial charge in [-0.3, -0.25) is 0 Å². The summed E-state index contributed by atoms with van der Waals surface area (Å²) in [5.41, 5.74) is 3.72. The highest BCUT2D eigenvalue weighted by atomic mass is 35.5. The molecule has 4 nitrogen and oxygen atoms in total. The molecule has 0 aliphatic carbocycles. The van der Waals surface area contributed by atoms with Gasteiger partial charge in [-0.2, -0.15) is 0 Å². The van der Waals surface area contributed by atoms with Crippen molar-refractivity contribution in [3.05, 3.63) is 41.6 Å². The van der Waals surface area contributed by atoms with E-state index in [1.165, 1.54) is 5.56 Å². The minimum Gasteiger partial charge on any atom is -0.507 e. The van der Waals surface area contributed by atoms with Crippen LogP contribution in [0.2, 0.25) is 0 Å². The highest BCUT2D eigenvalue weighted by molar-refractivity contribution is 5.85. The van der Waals surface area contributed by atoms with Crippen LogP contribution in [0.15, 0.2) is 30.5 Å². The first kappa shape index (κ1) is 25.5. The van der Waals surface area contributed by atoms with Gasteiger partial charge in [0.15, 0.2) is 0 Å². The molecule has 2 N–H and O–H groups in total. The molecule has 0 radical (unpaired) electrons. The molecule has 1 heterocycles. The second-order valence-electron chi connectivity index (χ2n) is 8.47. The molecule has 0 saturated heterocycles. The van der Waals surface area contributed by atoms with Crippen molar-refractivity contribution in [2.24, 2.45) is 0 Å². The Hall–Kier alpha value is -1.49. The van der Waals surface area contributed by atoms with Crippen molar-refractivity contribution in [3.63, 3.8) is 0 Å². The third kappa shape index (κ3) is 6.87. The summed E-state index contributed by atoms with van der Waals surface area (Å²) in [6.45, 7) is 13.5. The van der Waals surface area contributed by atoms with Crippen LogP contribution in [0.5, 0.6) is 11.6 Å². The van der Waals surface area contributed by atoms with E-state index in [0.29, 0.717) is 18.2 Å². The summed E-state index contributed by atoms with van der Waals surface area (Å²) in [4.78, 5) is 4.27. The van der Waals surface area contributed by atoms with E-state index in [-0.39, 0.29) is 35.8 Å². The smallest absolute Gasteiger partial charge is 0.212 e. The predicted octanol–water partition coefficient (Wildman–Crippen LogP) is 5.49. The topological polar surface area (TPSA) is 54.4 Å². The molecule has 1 aromatic carbocycles. The summed E-state index contributed by atoms with van der Waals surface area (Å²) in [5, 5.41) is 14.3. The third-order valence-electron chi connectivity index (χ3n) is 4.12. The van der Waals surface area contributed by atoms with Crippen molar-refractivity contribution in [2.45, 2.75) is 59.0 Å². The van der Waals surface area contributed by atoms with E-state index in [4.69, 9.17) is 4.74 Å². The van der Waals surface area contributed by atoms with Gasteiger partial charge in [-0.05, 0) is 43.9 Å². The number of halogens is 2. The first-order valence-electron chi connectivity index (χ1n) is 8.63. The maximum absolute atomic E-state index is 10.9. The van der Waals surface area contributed by atoms with Gasteiger partial charge >= 0.3 is 0 Å². The van der Waals surface area contributed by atoms with Crippen molar-refractivity contribution in [3.8, 4) is 22.8 Å². The lowest BCUT2D eigenvalue weighted by Crippen LogP contribution is -2.35. The molecule has 2 rings (SSSR count). The number of benzene rings is 1. The van der Waals surface area contributed by atoms with Gasteiger partial charge in [0.25, 0.3) is 0 Å². The molecule has 0 aliphatic rings. The van der Waals surface area contributed by atoms with Crippen molar-refractivity contribution in [1.29, 1.82) is 0 Å². The molecular weight excluding hydrogens is 383 g/mol. The molecule has 0 spiro atoms.